The second kappa shape index (κ2) is 5.06. The molecule has 1 atom stereocenters. The second-order valence-electron chi connectivity index (χ2n) is 4.56. The summed E-state index contributed by atoms with van der Waals surface area (Å²) in [5, 5.41) is 3.47. The van der Waals surface area contributed by atoms with Crippen molar-refractivity contribution in [3.8, 4) is 5.69 Å². The molecule has 1 N–H and O–H groups in total. The Kier molecular flexibility index (Phi) is 3.11. The minimum Gasteiger partial charge on any atom is -0.472 e. The molecule has 3 aromatic rings. The third-order valence-corrected chi connectivity index (χ3v) is 3.18. The fourth-order valence-electron chi connectivity index (χ4n) is 2.12. The largest absolute Gasteiger partial charge is 0.472 e. The minimum absolute atomic E-state index is 0.221. The van der Waals surface area contributed by atoms with E-state index in [0.717, 1.165) is 16.9 Å². The molecule has 1 unspecified atom stereocenters. The lowest BCUT2D eigenvalue weighted by molar-refractivity contribution is 0.562. The smallest absolute Gasteiger partial charge is 0.0955 e. The molecule has 0 saturated carbocycles. The van der Waals surface area contributed by atoms with E-state index in [0.29, 0.717) is 0 Å². The van der Waals surface area contributed by atoms with Gasteiger partial charge >= 0.3 is 0 Å². The van der Waals surface area contributed by atoms with Crippen LogP contribution in [0.3, 0.4) is 0 Å². The maximum Gasteiger partial charge on any atom is 0.0955 e. The average molecular weight is 252 g/mol. The molecule has 0 saturated heterocycles. The van der Waals surface area contributed by atoms with Gasteiger partial charge in [0, 0.05) is 29.3 Å². The van der Waals surface area contributed by atoms with E-state index in [4.69, 9.17) is 4.42 Å². The lowest BCUT2D eigenvalue weighted by Crippen LogP contribution is -2.05. The molecular formula is C16H16N2O. The lowest BCUT2D eigenvalue weighted by Gasteiger charge is -2.14. The fourth-order valence-corrected chi connectivity index (χ4v) is 2.12. The van der Waals surface area contributed by atoms with Gasteiger partial charge < -0.3 is 14.3 Å². The van der Waals surface area contributed by atoms with E-state index in [1.165, 1.54) is 0 Å². The third kappa shape index (κ3) is 2.55. The summed E-state index contributed by atoms with van der Waals surface area (Å²) in [5.74, 6) is 0. The maximum absolute atomic E-state index is 5.11. The van der Waals surface area contributed by atoms with Gasteiger partial charge in [0.2, 0.25) is 0 Å². The average Bonchev–Trinajstić information content (AvgIpc) is 3.13. The van der Waals surface area contributed by atoms with E-state index >= 15 is 0 Å². The molecule has 0 spiro atoms. The molecule has 3 nitrogen and oxygen atoms in total. The molecule has 3 rings (SSSR count). The number of aromatic nitrogens is 1. The molecule has 0 fully saturated rings. The molecular weight excluding hydrogens is 236 g/mol. The van der Waals surface area contributed by atoms with Crippen molar-refractivity contribution in [3.05, 3.63) is 72.9 Å². The van der Waals surface area contributed by atoms with Crippen LogP contribution >= 0.6 is 0 Å². The Balaban J connectivity index is 1.80. The van der Waals surface area contributed by atoms with Gasteiger partial charge in [-0.2, -0.15) is 0 Å². The van der Waals surface area contributed by atoms with Gasteiger partial charge in [-0.3, -0.25) is 0 Å². The van der Waals surface area contributed by atoms with Crippen LogP contribution < -0.4 is 5.32 Å². The van der Waals surface area contributed by atoms with Gasteiger partial charge in [-0.1, -0.05) is 6.07 Å². The van der Waals surface area contributed by atoms with Crippen LogP contribution in [0.25, 0.3) is 5.69 Å². The maximum atomic E-state index is 5.11. The number of hydrogen-bond acceptors (Lipinski definition) is 2. The lowest BCUT2D eigenvalue weighted by atomic mass is 10.1. The van der Waals surface area contributed by atoms with Gasteiger partial charge in [-0.15, -0.1) is 0 Å². The Morgan fingerprint density at radius 3 is 2.68 bits per heavy atom. The van der Waals surface area contributed by atoms with Gasteiger partial charge in [0.25, 0.3) is 0 Å². The van der Waals surface area contributed by atoms with Crippen molar-refractivity contribution in [3.63, 3.8) is 0 Å². The molecule has 96 valence electrons. The third-order valence-electron chi connectivity index (χ3n) is 3.18. The normalized spacial score (nSPS) is 12.3. The highest BCUT2D eigenvalue weighted by Crippen LogP contribution is 2.21. The SMILES string of the molecule is CC(Nc1cccc(-n2cccc2)c1)c1ccoc1. The Labute approximate surface area is 112 Å². The number of furan rings is 1. The monoisotopic (exact) mass is 252 g/mol. The van der Waals surface area contributed by atoms with Crippen molar-refractivity contribution >= 4 is 5.69 Å². The zero-order valence-corrected chi connectivity index (χ0v) is 10.8. The van der Waals surface area contributed by atoms with Gasteiger partial charge in [-0.05, 0) is 43.3 Å². The number of hydrogen-bond donors (Lipinski definition) is 1. The highest BCUT2D eigenvalue weighted by Gasteiger charge is 2.06. The van der Waals surface area contributed by atoms with Crippen LogP contribution in [0, 0.1) is 0 Å². The topological polar surface area (TPSA) is 30.1 Å². The first kappa shape index (κ1) is 11.7. The minimum atomic E-state index is 0.221. The van der Waals surface area contributed by atoms with E-state index < -0.39 is 0 Å². The van der Waals surface area contributed by atoms with Crippen LogP contribution in [-0.4, -0.2) is 4.57 Å². The van der Waals surface area contributed by atoms with Crippen molar-refractivity contribution in [1.29, 1.82) is 0 Å². The van der Waals surface area contributed by atoms with Crippen molar-refractivity contribution in [2.45, 2.75) is 13.0 Å². The van der Waals surface area contributed by atoms with Crippen LogP contribution in [-0.2, 0) is 0 Å². The molecule has 0 aliphatic heterocycles. The van der Waals surface area contributed by atoms with E-state index in [1.807, 2.05) is 30.6 Å². The Morgan fingerprint density at radius 1 is 1.11 bits per heavy atom. The number of nitrogens with one attached hydrogen (secondary N) is 1. The molecule has 0 radical (unpaired) electrons. The predicted octanol–water partition coefficient (Wildman–Crippen LogP) is 4.24. The van der Waals surface area contributed by atoms with Crippen LogP contribution in [0.4, 0.5) is 5.69 Å². The first-order valence-electron chi connectivity index (χ1n) is 6.35. The van der Waals surface area contributed by atoms with Crippen LogP contribution in [0.5, 0.6) is 0 Å². The van der Waals surface area contributed by atoms with E-state index in [9.17, 15) is 0 Å². The van der Waals surface area contributed by atoms with Gasteiger partial charge in [0.15, 0.2) is 0 Å². The number of nitrogens with zero attached hydrogens (tertiary/aromatic N) is 1. The summed E-state index contributed by atoms with van der Waals surface area (Å²) in [6.07, 6.45) is 7.55. The van der Waals surface area contributed by atoms with E-state index in [2.05, 4.69) is 41.1 Å². The van der Waals surface area contributed by atoms with Crippen LogP contribution in [0.15, 0.2) is 71.8 Å². The Bertz CT molecular complexity index is 627. The van der Waals surface area contributed by atoms with Crippen molar-refractivity contribution in [1.82, 2.24) is 4.57 Å². The zero-order valence-electron chi connectivity index (χ0n) is 10.8. The molecule has 0 aliphatic carbocycles. The number of rotatable bonds is 4. The Morgan fingerprint density at radius 2 is 1.95 bits per heavy atom. The highest BCUT2D eigenvalue weighted by atomic mass is 16.3. The van der Waals surface area contributed by atoms with Crippen molar-refractivity contribution in [2.75, 3.05) is 5.32 Å². The summed E-state index contributed by atoms with van der Waals surface area (Å²) < 4.78 is 7.20. The first-order valence-corrected chi connectivity index (χ1v) is 6.35. The number of anilines is 1. The zero-order chi connectivity index (χ0) is 13.1. The molecule has 3 heteroatoms. The van der Waals surface area contributed by atoms with Crippen LogP contribution in [0.2, 0.25) is 0 Å². The first-order chi connectivity index (χ1) is 9.33. The van der Waals surface area contributed by atoms with E-state index in [-0.39, 0.29) is 6.04 Å². The molecule has 0 bridgehead atoms. The summed E-state index contributed by atoms with van der Waals surface area (Å²) in [6.45, 7) is 2.12. The van der Waals surface area contributed by atoms with Gasteiger partial charge in [0.1, 0.15) is 0 Å². The summed E-state index contributed by atoms with van der Waals surface area (Å²) >= 11 is 0. The molecule has 2 aromatic heterocycles. The molecule has 1 aromatic carbocycles. The van der Waals surface area contributed by atoms with E-state index in [1.54, 1.807) is 12.5 Å². The predicted molar refractivity (Wildman–Crippen MR) is 76.5 cm³/mol. The standard InChI is InChI=1S/C16H16N2O/c1-13(14-7-10-19-12-14)17-15-5-4-6-16(11-15)18-8-2-3-9-18/h2-13,17H,1H3. The Hall–Kier alpha value is -2.42. The second-order valence-corrected chi connectivity index (χ2v) is 4.56. The van der Waals surface area contributed by atoms with Crippen molar-refractivity contribution in [2.24, 2.45) is 0 Å². The summed E-state index contributed by atoms with van der Waals surface area (Å²) in [6, 6.07) is 14.6. The van der Waals surface area contributed by atoms with Crippen LogP contribution in [0.1, 0.15) is 18.5 Å². The molecule has 0 amide bonds. The quantitative estimate of drug-likeness (QED) is 0.752. The van der Waals surface area contributed by atoms with Gasteiger partial charge in [0.05, 0.1) is 18.6 Å². The fraction of sp³-hybridized carbons (Fsp3) is 0.125. The number of benzene rings is 1. The summed E-state index contributed by atoms with van der Waals surface area (Å²) in [4.78, 5) is 0. The summed E-state index contributed by atoms with van der Waals surface area (Å²) in [7, 11) is 0. The highest BCUT2D eigenvalue weighted by molar-refractivity contribution is 5.52. The molecule has 2 heterocycles. The molecule has 0 aliphatic rings. The molecule has 19 heavy (non-hydrogen) atoms. The summed E-state index contributed by atoms with van der Waals surface area (Å²) in [5.41, 5.74) is 3.39. The van der Waals surface area contributed by atoms with Gasteiger partial charge in [-0.25, -0.2) is 0 Å². The van der Waals surface area contributed by atoms with Crippen molar-refractivity contribution < 1.29 is 4.42 Å².